The number of halogens is 6. The van der Waals surface area contributed by atoms with Crippen LogP contribution >= 0.6 is 0 Å². The first-order chi connectivity index (χ1) is 21.6. The maximum absolute atomic E-state index is 13.8. The Morgan fingerprint density at radius 2 is 1.57 bits per heavy atom. The minimum Gasteiger partial charge on any atom is -0.478 e. The lowest BCUT2D eigenvalue weighted by molar-refractivity contribution is -0.204. The van der Waals surface area contributed by atoms with Crippen molar-refractivity contribution in [2.75, 3.05) is 40.5 Å². The van der Waals surface area contributed by atoms with Gasteiger partial charge in [-0.15, -0.1) is 0 Å². The third-order valence-corrected chi connectivity index (χ3v) is 8.00. The predicted octanol–water partition coefficient (Wildman–Crippen LogP) is 5.27. The van der Waals surface area contributed by atoms with E-state index in [4.69, 9.17) is 14.2 Å². The summed E-state index contributed by atoms with van der Waals surface area (Å²) in [5.74, 6) is -3.20. The number of carbonyl (C=O) groups excluding carboxylic acids is 2. The van der Waals surface area contributed by atoms with Crippen molar-refractivity contribution in [3.8, 4) is 0 Å². The topological polar surface area (TPSA) is 106 Å². The van der Waals surface area contributed by atoms with Crippen molar-refractivity contribution in [1.82, 2.24) is 9.80 Å². The quantitative estimate of drug-likeness (QED) is 0.134. The van der Waals surface area contributed by atoms with Gasteiger partial charge in [0.15, 0.2) is 0 Å². The number of benzene rings is 2. The van der Waals surface area contributed by atoms with Gasteiger partial charge in [-0.3, -0.25) is 14.5 Å². The number of piperidine rings is 1. The molecule has 3 rings (SSSR count). The number of alkyl halides is 6. The molecule has 1 aliphatic heterocycles. The molecule has 2 aromatic rings. The van der Waals surface area contributed by atoms with Crippen molar-refractivity contribution in [3.63, 3.8) is 0 Å². The van der Waals surface area contributed by atoms with Crippen LogP contribution in [0.25, 0.3) is 0 Å². The lowest BCUT2D eigenvalue weighted by atomic mass is 9.88. The molecule has 0 aliphatic carbocycles. The van der Waals surface area contributed by atoms with E-state index in [1.165, 1.54) is 24.0 Å². The van der Waals surface area contributed by atoms with Gasteiger partial charge in [-0.1, -0.05) is 37.3 Å². The number of hydrogen-bond donors (Lipinski definition) is 1. The van der Waals surface area contributed by atoms with Crippen LogP contribution in [0.5, 0.6) is 0 Å². The third-order valence-electron chi connectivity index (χ3n) is 8.00. The van der Waals surface area contributed by atoms with E-state index in [9.17, 15) is 45.8 Å². The molecule has 1 heterocycles. The van der Waals surface area contributed by atoms with Crippen molar-refractivity contribution in [3.05, 3.63) is 70.8 Å². The minimum absolute atomic E-state index is 0.00939. The Bertz CT molecular complexity index is 1320. The highest BCUT2D eigenvalue weighted by Crippen LogP contribution is 2.38. The number of esters is 1. The van der Waals surface area contributed by atoms with Crippen molar-refractivity contribution in [2.24, 2.45) is 0 Å². The van der Waals surface area contributed by atoms with Crippen LogP contribution in [-0.2, 0) is 42.6 Å². The van der Waals surface area contributed by atoms with Gasteiger partial charge in [-0.2, -0.15) is 26.3 Å². The van der Waals surface area contributed by atoms with Gasteiger partial charge in [0.25, 0.3) is 5.91 Å². The maximum atomic E-state index is 13.8. The minimum atomic E-state index is -5.15. The van der Waals surface area contributed by atoms with E-state index in [1.807, 2.05) is 0 Å². The van der Waals surface area contributed by atoms with E-state index in [0.717, 1.165) is 0 Å². The number of carboxylic acid groups (broad SMARTS) is 1. The third kappa shape index (κ3) is 8.76. The molecule has 1 saturated heterocycles. The molecule has 9 nitrogen and oxygen atoms in total. The first kappa shape index (κ1) is 36.8. The molecule has 254 valence electrons. The Balaban J connectivity index is 2.05. The Hall–Kier alpha value is -3.69. The molecule has 0 spiro atoms. The molecule has 3 atom stereocenters. The number of aliphatic carboxylic acids is 1. The summed E-state index contributed by atoms with van der Waals surface area (Å²) < 4.78 is 97.1. The zero-order valence-corrected chi connectivity index (χ0v) is 25.5. The first-order valence-electron chi connectivity index (χ1n) is 14.4. The summed E-state index contributed by atoms with van der Waals surface area (Å²) in [5, 5.41) is 10.2. The fourth-order valence-electron chi connectivity index (χ4n) is 5.71. The van der Waals surface area contributed by atoms with Gasteiger partial charge in [-0.25, -0.2) is 4.79 Å². The number of amides is 1. The van der Waals surface area contributed by atoms with E-state index < -0.39 is 71.2 Å². The highest BCUT2D eigenvalue weighted by molar-refractivity contribution is 5.95. The number of hydrogen-bond acceptors (Lipinski definition) is 7. The smallest absolute Gasteiger partial charge is 0.416 e. The average Bonchev–Trinajstić information content (AvgIpc) is 3.00. The monoisotopic (exact) mass is 662 g/mol. The van der Waals surface area contributed by atoms with Crippen LogP contribution in [0, 0.1) is 0 Å². The van der Waals surface area contributed by atoms with Crippen LogP contribution in [0.2, 0.25) is 0 Å². The van der Waals surface area contributed by atoms with E-state index in [0.29, 0.717) is 17.7 Å². The van der Waals surface area contributed by atoms with Gasteiger partial charge in [0.1, 0.15) is 6.61 Å². The van der Waals surface area contributed by atoms with Crippen LogP contribution in [0.15, 0.2) is 48.5 Å². The number of nitrogens with zero attached hydrogens (tertiary/aromatic N) is 2. The van der Waals surface area contributed by atoms with E-state index in [2.05, 4.69) is 0 Å². The fourth-order valence-corrected chi connectivity index (χ4v) is 5.71. The van der Waals surface area contributed by atoms with Gasteiger partial charge in [0.2, 0.25) is 5.72 Å². The molecule has 1 fully saturated rings. The molecule has 0 radical (unpaired) electrons. The number of methoxy groups -OCH3 is 2. The Kier molecular flexibility index (Phi) is 12.2. The summed E-state index contributed by atoms with van der Waals surface area (Å²) in [6, 6.07) is 7.88. The van der Waals surface area contributed by atoms with Crippen LogP contribution in [-0.4, -0.2) is 91.1 Å². The second kappa shape index (κ2) is 15.3. The highest BCUT2D eigenvalue weighted by Gasteiger charge is 2.49. The zero-order valence-electron chi connectivity index (χ0n) is 25.5. The number of rotatable bonds is 13. The molecular weight excluding hydrogens is 626 g/mol. The molecule has 46 heavy (non-hydrogen) atoms. The molecular formula is C31H36F6N2O7. The number of likely N-dealkylation sites (tertiary alicyclic amines) is 1. The summed E-state index contributed by atoms with van der Waals surface area (Å²) in [6.45, 7) is 0.864. The molecule has 2 aromatic carbocycles. The van der Waals surface area contributed by atoms with Crippen LogP contribution in [0.4, 0.5) is 26.3 Å². The molecule has 0 bridgehead atoms. The van der Waals surface area contributed by atoms with Crippen LogP contribution in [0.3, 0.4) is 0 Å². The summed E-state index contributed by atoms with van der Waals surface area (Å²) in [7, 11) is 2.58. The molecule has 1 amide bonds. The molecule has 0 saturated carbocycles. The normalized spacial score (nSPS) is 18.7. The van der Waals surface area contributed by atoms with Crippen molar-refractivity contribution >= 4 is 17.8 Å². The van der Waals surface area contributed by atoms with Crippen LogP contribution in [0.1, 0.15) is 53.2 Å². The summed E-state index contributed by atoms with van der Waals surface area (Å²) in [4.78, 5) is 41.7. The van der Waals surface area contributed by atoms with Gasteiger partial charge in [-0.05, 0) is 49.4 Å². The lowest BCUT2D eigenvalue weighted by Crippen LogP contribution is -2.64. The molecule has 1 unspecified atom stereocenters. The standard InChI is InChI=1S/C31H36F6N2O7/c1-4-29(45-3,28(42)43)39(19-26(40)46-13-12-44-2)24-10-11-38(25(18-24)14-20-8-6-5-7-9-20)27(41)21-15-22(30(32,33)34)17-23(16-21)31(35,36)37/h5-9,15-17,24-25H,4,10-14,18-19H2,1-3H3,(H,42,43)/t24-,25?,29+/m0/s1. The molecule has 15 heteroatoms. The summed E-state index contributed by atoms with van der Waals surface area (Å²) in [5.41, 5.74) is -5.30. The summed E-state index contributed by atoms with van der Waals surface area (Å²) in [6.07, 6.45) is -10.2. The average molecular weight is 663 g/mol. The SMILES string of the molecule is CC[C@@](OC)(C(=O)O)N(CC(=O)OCCOC)[C@H]1CCN(C(=O)c2cc(C(F)(F)F)cc(C(F)(F)F)c2)C(Cc2ccccc2)C1. The number of ether oxygens (including phenoxy) is 3. The Morgan fingerprint density at radius 3 is 2.07 bits per heavy atom. The van der Waals surface area contributed by atoms with E-state index in [-0.39, 0.29) is 51.5 Å². The van der Waals surface area contributed by atoms with Gasteiger partial charge >= 0.3 is 24.3 Å². The first-order valence-corrected chi connectivity index (χ1v) is 14.4. The Morgan fingerprint density at radius 1 is 0.957 bits per heavy atom. The van der Waals surface area contributed by atoms with Crippen molar-refractivity contribution in [2.45, 2.75) is 62.8 Å². The van der Waals surface area contributed by atoms with Crippen molar-refractivity contribution < 1.29 is 60.0 Å². The largest absolute Gasteiger partial charge is 0.478 e. The highest BCUT2D eigenvalue weighted by atomic mass is 19.4. The van der Waals surface area contributed by atoms with Gasteiger partial charge in [0.05, 0.1) is 24.3 Å². The van der Waals surface area contributed by atoms with E-state index >= 15 is 0 Å². The van der Waals surface area contributed by atoms with Crippen LogP contribution < -0.4 is 0 Å². The molecule has 1 aliphatic rings. The number of carboxylic acids is 1. The zero-order chi connectivity index (χ0) is 34.3. The predicted molar refractivity (Wildman–Crippen MR) is 152 cm³/mol. The lowest BCUT2D eigenvalue weighted by Gasteiger charge is -2.48. The fraction of sp³-hybridized carbons (Fsp3) is 0.516. The second-order valence-corrected chi connectivity index (χ2v) is 10.8. The molecule has 1 N–H and O–H groups in total. The number of carbonyl (C=O) groups is 3. The van der Waals surface area contributed by atoms with Crippen molar-refractivity contribution in [1.29, 1.82) is 0 Å². The molecule has 0 aromatic heterocycles. The summed E-state index contributed by atoms with van der Waals surface area (Å²) >= 11 is 0. The maximum Gasteiger partial charge on any atom is 0.416 e. The van der Waals surface area contributed by atoms with Gasteiger partial charge < -0.3 is 24.2 Å². The second-order valence-electron chi connectivity index (χ2n) is 10.8. The Labute approximate surface area is 262 Å². The van der Waals surface area contributed by atoms with E-state index in [1.54, 1.807) is 37.3 Å². The van der Waals surface area contributed by atoms with Gasteiger partial charge in [0, 0.05) is 38.4 Å².